The molecule has 0 aliphatic heterocycles. The van der Waals surface area contributed by atoms with Gasteiger partial charge in [0.2, 0.25) is 0 Å². The van der Waals surface area contributed by atoms with E-state index >= 15 is 0 Å². The summed E-state index contributed by atoms with van der Waals surface area (Å²) in [6, 6.07) is 0. The van der Waals surface area contributed by atoms with Gasteiger partial charge in [-0.25, -0.2) is 9.78 Å². The highest BCUT2D eigenvalue weighted by Gasteiger charge is 2.24. The summed E-state index contributed by atoms with van der Waals surface area (Å²) in [5.74, 6) is -0.961. The molecule has 0 atom stereocenters. The van der Waals surface area contributed by atoms with Crippen LogP contribution >= 0.6 is 11.3 Å². The van der Waals surface area contributed by atoms with Crippen molar-refractivity contribution in [3.63, 3.8) is 0 Å². The van der Waals surface area contributed by atoms with E-state index in [2.05, 4.69) is 15.4 Å². The standard InChI is InChI=1S/C12H16N4O2S/c1-12(2,11-13-4-5-19-11)14-7-9-8(10(17)18)6-15-16(9)3/h4-6,14H,7H2,1-3H3,(H,17,18). The van der Waals surface area contributed by atoms with Gasteiger partial charge in [-0.2, -0.15) is 5.10 Å². The highest BCUT2D eigenvalue weighted by molar-refractivity contribution is 7.09. The number of thiazole rings is 1. The molecule has 0 spiro atoms. The molecule has 0 saturated carbocycles. The third-order valence-corrected chi connectivity index (χ3v) is 4.05. The maximum Gasteiger partial charge on any atom is 0.339 e. The van der Waals surface area contributed by atoms with E-state index in [1.165, 1.54) is 6.20 Å². The summed E-state index contributed by atoms with van der Waals surface area (Å²) in [5.41, 5.74) is 0.566. The summed E-state index contributed by atoms with van der Waals surface area (Å²) in [4.78, 5) is 15.4. The van der Waals surface area contributed by atoms with Crippen LogP contribution in [-0.4, -0.2) is 25.8 Å². The van der Waals surface area contributed by atoms with Crippen molar-refractivity contribution in [1.29, 1.82) is 0 Å². The summed E-state index contributed by atoms with van der Waals surface area (Å²) in [6.45, 7) is 4.45. The molecule has 6 nitrogen and oxygen atoms in total. The van der Waals surface area contributed by atoms with Gasteiger partial charge >= 0.3 is 5.97 Å². The van der Waals surface area contributed by atoms with Gasteiger partial charge in [-0.1, -0.05) is 0 Å². The molecular weight excluding hydrogens is 264 g/mol. The minimum atomic E-state index is -0.961. The molecule has 0 aliphatic carbocycles. The number of aryl methyl sites for hydroxylation is 1. The number of carboxylic acid groups (broad SMARTS) is 1. The Morgan fingerprint density at radius 3 is 2.89 bits per heavy atom. The minimum Gasteiger partial charge on any atom is -0.478 e. The molecule has 2 aromatic heterocycles. The van der Waals surface area contributed by atoms with Gasteiger partial charge in [0.25, 0.3) is 0 Å². The Bertz CT molecular complexity index is 575. The van der Waals surface area contributed by atoms with Crippen LogP contribution in [0.4, 0.5) is 0 Å². The Balaban J connectivity index is 2.15. The third-order valence-electron chi connectivity index (χ3n) is 2.96. The molecule has 0 radical (unpaired) electrons. The molecule has 0 aliphatic rings. The summed E-state index contributed by atoms with van der Waals surface area (Å²) in [5, 5.41) is 19.3. The predicted molar refractivity (Wildman–Crippen MR) is 72.1 cm³/mol. The lowest BCUT2D eigenvalue weighted by Crippen LogP contribution is -2.36. The predicted octanol–water partition coefficient (Wildman–Crippen LogP) is 1.60. The maximum atomic E-state index is 11.1. The van der Waals surface area contributed by atoms with Crippen LogP contribution in [0.2, 0.25) is 0 Å². The van der Waals surface area contributed by atoms with Crippen molar-refractivity contribution in [2.75, 3.05) is 0 Å². The second-order valence-electron chi connectivity index (χ2n) is 4.75. The zero-order chi connectivity index (χ0) is 14.0. The highest BCUT2D eigenvalue weighted by atomic mass is 32.1. The SMILES string of the molecule is Cn1ncc(C(=O)O)c1CNC(C)(C)c1nccs1. The van der Waals surface area contributed by atoms with Crippen LogP contribution in [0, 0.1) is 0 Å². The summed E-state index contributed by atoms with van der Waals surface area (Å²) in [7, 11) is 1.74. The van der Waals surface area contributed by atoms with Crippen LogP contribution in [0.25, 0.3) is 0 Å². The van der Waals surface area contributed by atoms with Gasteiger partial charge in [0.05, 0.1) is 17.4 Å². The average Bonchev–Trinajstić information content (AvgIpc) is 2.95. The molecule has 2 heterocycles. The van der Waals surface area contributed by atoms with Crippen LogP contribution in [-0.2, 0) is 19.1 Å². The van der Waals surface area contributed by atoms with Gasteiger partial charge in [-0.3, -0.25) is 4.68 Å². The Kier molecular flexibility index (Phi) is 3.68. The van der Waals surface area contributed by atoms with E-state index in [0.29, 0.717) is 12.2 Å². The van der Waals surface area contributed by atoms with Crippen molar-refractivity contribution in [1.82, 2.24) is 20.1 Å². The summed E-state index contributed by atoms with van der Waals surface area (Å²) >= 11 is 1.57. The second-order valence-corrected chi connectivity index (χ2v) is 5.64. The molecule has 0 bridgehead atoms. The Morgan fingerprint density at radius 1 is 1.58 bits per heavy atom. The van der Waals surface area contributed by atoms with Gasteiger partial charge in [-0.15, -0.1) is 11.3 Å². The number of hydrogen-bond acceptors (Lipinski definition) is 5. The summed E-state index contributed by atoms with van der Waals surface area (Å²) in [6.07, 6.45) is 3.13. The molecule has 0 aromatic carbocycles. The number of aromatic carboxylic acids is 1. The van der Waals surface area contributed by atoms with Crippen molar-refractivity contribution in [2.45, 2.75) is 25.9 Å². The van der Waals surface area contributed by atoms with Gasteiger partial charge in [0, 0.05) is 25.2 Å². The molecule has 7 heteroatoms. The first-order chi connectivity index (χ1) is 8.92. The van der Waals surface area contributed by atoms with E-state index in [0.717, 1.165) is 5.01 Å². The van der Waals surface area contributed by atoms with Crippen LogP contribution in [0.15, 0.2) is 17.8 Å². The van der Waals surface area contributed by atoms with Gasteiger partial charge in [0.1, 0.15) is 10.6 Å². The quantitative estimate of drug-likeness (QED) is 0.869. The Morgan fingerprint density at radius 2 is 2.32 bits per heavy atom. The van der Waals surface area contributed by atoms with Crippen molar-refractivity contribution in [2.24, 2.45) is 7.05 Å². The maximum absolute atomic E-state index is 11.1. The molecule has 19 heavy (non-hydrogen) atoms. The van der Waals surface area contributed by atoms with Crippen LogP contribution < -0.4 is 5.32 Å². The molecule has 0 fully saturated rings. The first-order valence-electron chi connectivity index (χ1n) is 5.81. The Hall–Kier alpha value is -1.73. The molecule has 102 valence electrons. The molecular formula is C12H16N4O2S. The zero-order valence-corrected chi connectivity index (χ0v) is 11.9. The van der Waals surface area contributed by atoms with Gasteiger partial charge in [-0.05, 0) is 13.8 Å². The number of hydrogen-bond donors (Lipinski definition) is 2. The van der Waals surface area contributed by atoms with Gasteiger partial charge < -0.3 is 10.4 Å². The average molecular weight is 280 g/mol. The van der Waals surface area contributed by atoms with Crippen LogP contribution in [0.5, 0.6) is 0 Å². The summed E-state index contributed by atoms with van der Waals surface area (Å²) < 4.78 is 1.58. The fraction of sp³-hybridized carbons (Fsp3) is 0.417. The molecule has 2 rings (SSSR count). The largest absolute Gasteiger partial charge is 0.478 e. The molecule has 0 amide bonds. The van der Waals surface area contributed by atoms with E-state index in [9.17, 15) is 4.79 Å². The van der Waals surface area contributed by atoms with E-state index in [1.54, 1.807) is 29.3 Å². The lowest BCUT2D eigenvalue weighted by molar-refractivity contribution is 0.0695. The normalized spacial score (nSPS) is 11.7. The fourth-order valence-corrected chi connectivity index (χ4v) is 2.50. The molecule has 0 saturated heterocycles. The second kappa shape index (κ2) is 5.10. The molecule has 2 aromatic rings. The highest BCUT2D eigenvalue weighted by Crippen LogP contribution is 2.22. The number of carbonyl (C=O) groups is 1. The first kappa shape index (κ1) is 13.7. The van der Waals surface area contributed by atoms with Crippen molar-refractivity contribution < 1.29 is 9.90 Å². The van der Waals surface area contributed by atoms with Crippen LogP contribution in [0.1, 0.15) is 34.9 Å². The smallest absolute Gasteiger partial charge is 0.339 e. The lowest BCUT2D eigenvalue weighted by Gasteiger charge is -2.24. The third kappa shape index (κ3) is 2.82. The zero-order valence-electron chi connectivity index (χ0n) is 11.0. The van der Waals surface area contributed by atoms with E-state index in [-0.39, 0.29) is 11.1 Å². The number of nitrogens with one attached hydrogen (secondary N) is 1. The monoisotopic (exact) mass is 280 g/mol. The number of carboxylic acids is 1. The molecule has 0 unspecified atom stereocenters. The van der Waals surface area contributed by atoms with Crippen molar-refractivity contribution in [3.8, 4) is 0 Å². The lowest BCUT2D eigenvalue weighted by atomic mass is 10.1. The van der Waals surface area contributed by atoms with Gasteiger partial charge in [0.15, 0.2) is 0 Å². The van der Waals surface area contributed by atoms with E-state index < -0.39 is 5.97 Å². The number of nitrogens with zero attached hydrogens (tertiary/aromatic N) is 3. The fourth-order valence-electron chi connectivity index (χ4n) is 1.76. The topological polar surface area (TPSA) is 80.0 Å². The number of aromatic nitrogens is 3. The first-order valence-corrected chi connectivity index (χ1v) is 6.69. The van der Waals surface area contributed by atoms with E-state index in [1.807, 2.05) is 19.2 Å². The van der Waals surface area contributed by atoms with Crippen molar-refractivity contribution >= 4 is 17.3 Å². The minimum absolute atomic E-state index is 0.227. The van der Waals surface area contributed by atoms with Crippen LogP contribution in [0.3, 0.4) is 0 Å². The van der Waals surface area contributed by atoms with E-state index in [4.69, 9.17) is 5.11 Å². The molecule has 2 N–H and O–H groups in total. The number of rotatable bonds is 5. The van der Waals surface area contributed by atoms with Crippen molar-refractivity contribution in [3.05, 3.63) is 34.0 Å². The Labute approximate surface area is 115 Å².